The molecule has 1 fully saturated rings. The minimum atomic E-state index is -4.28. The van der Waals surface area contributed by atoms with Crippen molar-refractivity contribution < 1.29 is 13.2 Å². The molecular weight excluding hydrogens is 480 g/mol. The van der Waals surface area contributed by atoms with Crippen molar-refractivity contribution in [1.82, 2.24) is 15.5 Å². The summed E-state index contributed by atoms with van der Waals surface area (Å²) < 4.78 is 37.8. The van der Waals surface area contributed by atoms with Gasteiger partial charge in [0, 0.05) is 19.6 Å². The fourth-order valence-electron chi connectivity index (χ4n) is 3.17. The molecule has 160 valence electrons. The predicted octanol–water partition coefficient (Wildman–Crippen LogP) is 4.30. The zero-order valence-electron chi connectivity index (χ0n) is 16.5. The highest BCUT2D eigenvalue weighted by Gasteiger charge is 2.29. The van der Waals surface area contributed by atoms with Crippen LogP contribution in [0.2, 0.25) is 0 Å². The number of guanidine groups is 1. The number of unbranched alkanes of at least 4 members (excludes halogenated alkanes) is 1. The Morgan fingerprint density at radius 3 is 2.36 bits per heavy atom. The molecule has 0 spiro atoms. The summed E-state index contributed by atoms with van der Waals surface area (Å²) in [4.78, 5) is 7.09. The molecule has 0 bridgehead atoms. The molecule has 2 N–H and O–H groups in total. The van der Waals surface area contributed by atoms with Crippen molar-refractivity contribution in [2.24, 2.45) is 4.99 Å². The van der Waals surface area contributed by atoms with Gasteiger partial charge < -0.3 is 15.5 Å². The summed E-state index contributed by atoms with van der Waals surface area (Å²) in [5.41, 5.74) is 0.264. The van der Waals surface area contributed by atoms with Gasteiger partial charge in [-0.05, 0) is 76.4 Å². The van der Waals surface area contributed by atoms with E-state index in [4.69, 9.17) is 0 Å². The second kappa shape index (κ2) is 13.2. The summed E-state index contributed by atoms with van der Waals surface area (Å²) in [7, 11) is 0. The van der Waals surface area contributed by atoms with Crippen molar-refractivity contribution in [1.29, 1.82) is 0 Å². The summed E-state index contributed by atoms with van der Waals surface area (Å²) >= 11 is 0. The first-order chi connectivity index (χ1) is 13.0. The Morgan fingerprint density at radius 2 is 1.75 bits per heavy atom. The van der Waals surface area contributed by atoms with Crippen LogP contribution in [0.25, 0.3) is 0 Å². The second-order valence-electron chi connectivity index (χ2n) is 6.89. The molecule has 8 heteroatoms. The number of halogens is 4. The zero-order valence-corrected chi connectivity index (χ0v) is 18.9. The third kappa shape index (κ3) is 9.45. The molecule has 0 atom stereocenters. The van der Waals surface area contributed by atoms with Gasteiger partial charge in [0.15, 0.2) is 5.96 Å². The minimum Gasteiger partial charge on any atom is -0.357 e. The van der Waals surface area contributed by atoms with E-state index in [0.29, 0.717) is 13.0 Å². The molecule has 0 amide bonds. The molecule has 1 aromatic rings. The summed E-state index contributed by atoms with van der Waals surface area (Å²) in [5.74, 6) is 0.769. The quantitative estimate of drug-likeness (QED) is 0.225. The van der Waals surface area contributed by atoms with Crippen molar-refractivity contribution >= 4 is 29.9 Å². The van der Waals surface area contributed by atoms with Gasteiger partial charge in [0.1, 0.15) is 0 Å². The highest BCUT2D eigenvalue weighted by atomic mass is 127. The Bertz CT molecular complexity index is 570. The van der Waals surface area contributed by atoms with E-state index in [9.17, 15) is 13.2 Å². The molecule has 0 unspecified atom stereocenters. The third-order valence-corrected chi connectivity index (χ3v) is 4.68. The van der Waals surface area contributed by atoms with Gasteiger partial charge in [0.25, 0.3) is 0 Å². The van der Waals surface area contributed by atoms with Gasteiger partial charge in [0.05, 0.1) is 5.56 Å². The molecule has 0 aliphatic carbocycles. The van der Waals surface area contributed by atoms with E-state index >= 15 is 0 Å². The lowest BCUT2D eigenvalue weighted by Gasteiger charge is -2.14. The monoisotopic (exact) mass is 512 g/mol. The molecule has 0 aromatic heterocycles. The number of benzene rings is 1. The van der Waals surface area contributed by atoms with E-state index in [1.165, 1.54) is 38.1 Å². The van der Waals surface area contributed by atoms with Crippen molar-refractivity contribution in [2.75, 3.05) is 39.3 Å². The third-order valence-electron chi connectivity index (χ3n) is 4.68. The number of hydrogen-bond acceptors (Lipinski definition) is 2. The fraction of sp³-hybridized carbons (Fsp3) is 0.650. The summed E-state index contributed by atoms with van der Waals surface area (Å²) in [6, 6.07) is 5.34. The first kappa shape index (κ1) is 25.0. The first-order valence-electron chi connectivity index (χ1n) is 9.89. The van der Waals surface area contributed by atoms with Gasteiger partial charge in [-0.1, -0.05) is 12.1 Å². The van der Waals surface area contributed by atoms with Crippen LogP contribution >= 0.6 is 24.0 Å². The predicted molar refractivity (Wildman–Crippen MR) is 119 cm³/mol. The lowest BCUT2D eigenvalue weighted by molar-refractivity contribution is -0.137. The Balaban J connectivity index is 0.00000392. The smallest absolute Gasteiger partial charge is 0.357 e. The van der Waals surface area contributed by atoms with Crippen LogP contribution in [-0.2, 0) is 12.6 Å². The van der Waals surface area contributed by atoms with E-state index in [2.05, 4.69) is 20.5 Å². The lowest BCUT2D eigenvalue weighted by atomic mass is 10.1. The van der Waals surface area contributed by atoms with Crippen molar-refractivity contribution in [3.05, 3.63) is 35.4 Å². The SMILES string of the molecule is CCNC(=NCCCCN1CCCC1)NCCc1ccc(C(F)(F)F)cc1.I. The molecule has 0 saturated carbocycles. The number of aliphatic imine (C=N–C) groups is 1. The van der Waals surface area contributed by atoms with Crippen LogP contribution < -0.4 is 10.6 Å². The maximum absolute atomic E-state index is 12.6. The molecule has 1 aliphatic rings. The van der Waals surface area contributed by atoms with E-state index < -0.39 is 11.7 Å². The van der Waals surface area contributed by atoms with E-state index in [1.54, 1.807) is 0 Å². The number of nitrogens with one attached hydrogen (secondary N) is 2. The standard InChI is InChI=1S/C20H31F3N4.HI/c1-2-24-19(25-12-3-4-14-27-15-5-6-16-27)26-13-11-17-7-9-18(10-8-17)20(21,22)23;/h7-10H,2-6,11-16H2,1H3,(H2,24,25,26);1H. The van der Waals surface area contributed by atoms with Gasteiger partial charge >= 0.3 is 6.18 Å². The summed E-state index contributed by atoms with van der Waals surface area (Å²) in [6.07, 6.45) is 1.24. The molecule has 28 heavy (non-hydrogen) atoms. The Kier molecular flexibility index (Phi) is 11.8. The maximum atomic E-state index is 12.6. The Morgan fingerprint density at radius 1 is 1.07 bits per heavy atom. The van der Waals surface area contributed by atoms with Crippen LogP contribution in [0, 0.1) is 0 Å². The minimum absolute atomic E-state index is 0. The molecular formula is C20H32F3IN4. The van der Waals surface area contributed by atoms with Crippen LogP contribution in [-0.4, -0.2) is 50.1 Å². The van der Waals surface area contributed by atoms with Crippen molar-refractivity contribution in [3.63, 3.8) is 0 Å². The first-order valence-corrected chi connectivity index (χ1v) is 9.89. The average molecular weight is 512 g/mol. The van der Waals surface area contributed by atoms with Crippen LogP contribution in [0.3, 0.4) is 0 Å². The topological polar surface area (TPSA) is 39.7 Å². The van der Waals surface area contributed by atoms with Gasteiger partial charge in [-0.3, -0.25) is 4.99 Å². The van der Waals surface area contributed by atoms with Gasteiger partial charge in [-0.2, -0.15) is 13.2 Å². The number of likely N-dealkylation sites (tertiary alicyclic amines) is 1. The van der Waals surface area contributed by atoms with E-state index in [-0.39, 0.29) is 24.0 Å². The van der Waals surface area contributed by atoms with E-state index in [1.807, 2.05) is 6.92 Å². The second-order valence-corrected chi connectivity index (χ2v) is 6.89. The molecule has 2 rings (SSSR count). The lowest BCUT2D eigenvalue weighted by Crippen LogP contribution is -2.38. The van der Waals surface area contributed by atoms with Crippen LogP contribution in [0.4, 0.5) is 13.2 Å². The maximum Gasteiger partial charge on any atom is 0.416 e. The van der Waals surface area contributed by atoms with E-state index in [0.717, 1.165) is 56.1 Å². The molecule has 0 radical (unpaired) electrons. The fourth-order valence-corrected chi connectivity index (χ4v) is 3.17. The highest BCUT2D eigenvalue weighted by molar-refractivity contribution is 14.0. The molecule has 1 aromatic carbocycles. The summed E-state index contributed by atoms with van der Waals surface area (Å²) in [6.45, 7) is 7.83. The molecule has 1 aliphatic heterocycles. The van der Waals surface area contributed by atoms with Crippen LogP contribution in [0.1, 0.15) is 43.7 Å². The number of rotatable bonds is 9. The van der Waals surface area contributed by atoms with Crippen LogP contribution in [0.15, 0.2) is 29.3 Å². The molecule has 1 saturated heterocycles. The van der Waals surface area contributed by atoms with Crippen LogP contribution in [0.5, 0.6) is 0 Å². The number of hydrogen-bond donors (Lipinski definition) is 2. The summed E-state index contributed by atoms with van der Waals surface area (Å²) in [5, 5.41) is 6.46. The normalized spacial score (nSPS) is 15.4. The molecule has 4 nitrogen and oxygen atoms in total. The average Bonchev–Trinajstić information content (AvgIpc) is 3.14. The van der Waals surface area contributed by atoms with Gasteiger partial charge in [0.2, 0.25) is 0 Å². The van der Waals surface area contributed by atoms with Crippen molar-refractivity contribution in [3.8, 4) is 0 Å². The number of alkyl halides is 3. The number of nitrogens with zero attached hydrogens (tertiary/aromatic N) is 2. The Hall–Kier alpha value is -1.03. The largest absolute Gasteiger partial charge is 0.416 e. The molecule has 1 heterocycles. The van der Waals surface area contributed by atoms with Crippen molar-refractivity contribution in [2.45, 2.75) is 45.2 Å². The zero-order chi connectivity index (χ0) is 19.5. The Labute approximate surface area is 183 Å². The highest BCUT2D eigenvalue weighted by Crippen LogP contribution is 2.29. The van der Waals surface area contributed by atoms with Gasteiger partial charge in [-0.15, -0.1) is 24.0 Å². The van der Waals surface area contributed by atoms with Gasteiger partial charge in [-0.25, -0.2) is 0 Å².